The van der Waals surface area contributed by atoms with Crippen LogP contribution in [0.2, 0.25) is 0 Å². The van der Waals surface area contributed by atoms with Crippen LogP contribution in [0, 0.1) is 11.3 Å². The van der Waals surface area contributed by atoms with Gasteiger partial charge in [0.25, 0.3) is 0 Å². The van der Waals surface area contributed by atoms with Gasteiger partial charge in [-0.25, -0.2) is 8.42 Å². The molecule has 0 amide bonds. The van der Waals surface area contributed by atoms with Gasteiger partial charge in [0, 0.05) is 13.1 Å². The lowest BCUT2D eigenvalue weighted by Gasteiger charge is -2.33. The second kappa shape index (κ2) is 8.81. The maximum Gasteiger partial charge on any atom is 0.243 e. The number of benzene rings is 1. The molecule has 8 nitrogen and oxygen atoms in total. The van der Waals surface area contributed by atoms with Crippen molar-refractivity contribution >= 4 is 15.9 Å². The Labute approximate surface area is 154 Å². The number of hydrogen-bond donors (Lipinski definition) is 4. The van der Waals surface area contributed by atoms with E-state index in [2.05, 4.69) is 0 Å². The number of nitrogen functional groups attached to an aromatic ring is 1. The normalized spacial score (nSPS) is 17.8. The van der Waals surface area contributed by atoms with Crippen molar-refractivity contribution in [1.29, 1.82) is 5.41 Å². The predicted octanol–water partition coefficient (Wildman–Crippen LogP) is 0.513. The molecule has 2 rings (SSSR count). The average molecular weight is 385 g/mol. The van der Waals surface area contributed by atoms with Crippen molar-refractivity contribution in [1.82, 2.24) is 4.31 Å². The summed E-state index contributed by atoms with van der Waals surface area (Å²) >= 11 is 0. The zero-order chi connectivity index (χ0) is 19.3. The molecule has 9 heteroatoms. The fourth-order valence-electron chi connectivity index (χ4n) is 3.02. The van der Waals surface area contributed by atoms with Crippen molar-refractivity contribution in [3.63, 3.8) is 0 Å². The van der Waals surface area contributed by atoms with Crippen molar-refractivity contribution in [3.05, 3.63) is 23.8 Å². The van der Waals surface area contributed by atoms with Crippen LogP contribution in [-0.4, -0.2) is 61.2 Å². The van der Waals surface area contributed by atoms with Crippen LogP contribution in [0.3, 0.4) is 0 Å². The third kappa shape index (κ3) is 4.53. The molecule has 0 bridgehead atoms. The van der Waals surface area contributed by atoms with Crippen LogP contribution in [-0.2, 0) is 10.0 Å². The first-order chi connectivity index (χ1) is 12.3. The highest BCUT2D eigenvalue weighted by Gasteiger charge is 2.32. The van der Waals surface area contributed by atoms with Gasteiger partial charge in [0.2, 0.25) is 10.0 Å². The molecular formula is C17H27N3O5S. The summed E-state index contributed by atoms with van der Waals surface area (Å²) in [5, 5.41) is 26.4. The largest absolute Gasteiger partial charge is 0.493 e. The SMILES string of the molecule is CCCOc1ccc(S(=O)(=O)N2CCC([C@@H](O)CO)CC2)cc1C(=N)N. The molecule has 146 valence electrons. The van der Waals surface area contributed by atoms with Gasteiger partial charge in [0.05, 0.1) is 29.8 Å². The van der Waals surface area contributed by atoms with Crippen LogP contribution < -0.4 is 10.5 Å². The number of nitrogens with two attached hydrogens (primary N) is 1. The van der Waals surface area contributed by atoms with Gasteiger partial charge in [0.1, 0.15) is 11.6 Å². The van der Waals surface area contributed by atoms with Gasteiger partial charge < -0.3 is 20.7 Å². The second-order valence-electron chi connectivity index (χ2n) is 6.41. The lowest BCUT2D eigenvalue weighted by Crippen LogP contribution is -2.42. The molecule has 0 unspecified atom stereocenters. The molecular weight excluding hydrogens is 358 g/mol. The van der Waals surface area contributed by atoms with E-state index in [0.717, 1.165) is 6.42 Å². The summed E-state index contributed by atoms with van der Waals surface area (Å²) in [6.07, 6.45) is 0.932. The van der Waals surface area contributed by atoms with Gasteiger partial charge in [-0.2, -0.15) is 4.31 Å². The number of sulfonamides is 1. The molecule has 1 atom stereocenters. The van der Waals surface area contributed by atoms with Crippen LogP contribution in [0.4, 0.5) is 0 Å². The molecule has 1 aromatic rings. The minimum absolute atomic E-state index is 0.0627. The van der Waals surface area contributed by atoms with E-state index in [1.165, 1.54) is 22.5 Å². The summed E-state index contributed by atoms with van der Waals surface area (Å²) in [5.41, 5.74) is 5.84. The van der Waals surface area contributed by atoms with Gasteiger partial charge >= 0.3 is 0 Å². The zero-order valence-corrected chi connectivity index (χ0v) is 15.7. The van der Waals surface area contributed by atoms with E-state index in [4.69, 9.17) is 21.0 Å². The third-order valence-electron chi connectivity index (χ3n) is 4.57. The van der Waals surface area contributed by atoms with Crippen molar-refractivity contribution in [3.8, 4) is 5.75 Å². The van der Waals surface area contributed by atoms with E-state index in [-0.39, 0.29) is 41.9 Å². The number of piperidine rings is 1. The first-order valence-corrected chi connectivity index (χ1v) is 10.2. The monoisotopic (exact) mass is 385 g/mol. The van der Waals surface area contributed by atoms with Crippen LogP contribution in [0.5, 0.6) is 5.75 Å². The van der Waals surface area contributed by atoms with E-state index in [1.807, 2.05) is 6.92 Å². The fraction of sp³-hybridized carbons (Fsp3) is 0.588. The molecule has 1 fully saturated rings. The number of nitrogens with zero attached hydrogens (tertiary/aromatic N) is 1. The molecule has 0 spiro atoms. The quantitative estimate of drug-likeness (QED) is 0.380. The number of aliphatic hydroxyl groups is 2. The van der Waals surface area contributed by atoms with Crippen molar-refractivity contribution in [2.24, 2.45) is 11.7 Å². The van der Waals surface area contributed by atoms with Crippen LogP contribution in [0.15, 0.2) is 23.1 Å². The van der Waals surface area contributed by atoms with Crippen LogP contribution in [0.25, 0.3) is 0 Å². The summed E-state index contributed by atoms with van der Waals surface area (Å²) in [7, 11) is -3.73. The molecule has 1 heterocycles. The van der Waals surface area contributed by atoms with E-state index >= 15 is 0 Å². The highest BCUT2D eigenvalue weighted by molar-refractivity contribution is 7.89. The first-order valence-electron chi connectivity index (χ1n) is 8.71. The number of amidine groups is 1. The standard InChI is InChI=1S/C17H27N3O5S/c1-2-9-25-16-4-3-13(10-14(16)17(18)19)26(23,24)20-7-5-12(6-8-20)15(22)11-21/h3-4,10,12,15,21-22H,2,5-9,11H2,1H3,(H3,18,19)/t15-/m0/s1. The van der Waals surface area contributed by atoms with Crippen molar-refractivity contribution in [2.75, 3.05) is 26.3 Å². The number of hydrogen-bond acceptors (Lipinski definition) is 6. The highest BCUT2D eigenvalue weighted by Crippen LogP contribution is 2.28. The van der Waals surface area contributed by atoms with Gasteiger partial charge in [-0.3, -0.25) is 5.41 Å². The fourth-order valence-corrected chi connectivity index (χ4v) is 4.51. The molecule has 0 aliphatic carbocycles. The Bertz CT molecular complexity index is 730. The van der Waals surface area contributed by atoms with E-state index in [1.54, 1.807) is 0 Å². The maximum atomic E-state index is 12.9. The smallest absolute Gasteiger partial charge is 0.243 e. The first kappa shape index (κ1) is 20.6. The molecule has 1 aliphatic rings. The number of ether oxygens (including phenoxy) is 1. The van der Waals surface area contributed by atoms with Crippen molar-refractivity contribution in [2.45, 2.75) is 37.2 Å². The lowest BCUT2D eigenvalue weighted by molar-refractivity contribution is 0.0278. The average Bonchev–Trinajstić information content (AvgIpc) is 2.65. The number of nitrogens with one attached hydrogen (secondary N) is 1. The molecule has 1 aliphatic heterocycles. The topological polar surface area (TPSA) is 137 Å². The predicted molar refractivity (Wildman–Crippen MR) is 97.8 cm³/mol. The molecule has 5 N–H and O–H groups in total. The van der Waals surface area contributed by atoms with E-state index in [9.17, 15) is 13.5 Å². The third-order valence-corrected chi connectivity index (χ3v) is 6.47. The summed E-state index contributed by atoms with van der Waals surface area (Å²) in [4.78, 5) is 0.0627. The molecule has 0 aromatic heterocycles. The van der Waals surface area contributed by atoms with Gasteiger partial charge in [-0.05, 0) is 43.4 Å². The summed E-state index contributed by atoms with van der Waals surface area (Å²) < 4.78 is 32.7. The molecule has 26 heavy (non-hydrogen) atoms. The summed E-state index contributed by atoms with van der Waals surface area (Å²) in [5.74, 6) is 0.0325. The minimum Gasteiger partial charge on any atom is -0.493 e. The Morgan fingerprint density at radius 2 is 2.08 bits per heavy atom. The van der Waals surface area contributed by atoms with E-state index < -0.39 is 16.1 Å². The van der Waals surface area contributed by atoms with Gasteiger partial charge in [0.15, 0.2) is 0 Å². The number of aliphatic hydroxyl groups excluding tert-OH is 2. The number of rotatable bonds is 8. The second-order valence-corrected chi connectivity index (χ2v) is 8.35. The van der Waals surface area contributed by atoms with Crippen LogP contribution in [0.1, 0.15) is 31.7 Å². The molecule has 1 aromatic carbocycles. The van der Waals surface area contributed by atoms with E-state index in [0.29, 0.717) is 25.2 Å². The highest BCUT2D eigenvalue weighted by atomic mass is 32.2. The molecule has 0 saturated carbocycles. The Hall–Kier alpha value is -1.68. The van der Waals surface area contributed by atoms with Crippen LogP contribution >= 0.6 is 0 Å². The Morgan fingerprint density at radius 1 is 1.42 bits per heavy atom. The van der Waals surface area contributed by atoms with Crippen molar-refractivity contribution < 1.29 is 23.4 Å². The molecule has 1 saturated heterocycles. The molecule has 0 radical (unpaired) electrons. The lowest BCUT2D eigenvalue weighted by atomic mass is 9.93. The van der Waals surface area contributed by atoms with Gasteiger partial charge in [-0.15, -0.1) is 0 Å². The Morgan fingerprint density at radius 3 is 2.62 bits per heavy atom. The Kier molecular flexibility index (Phi) is 6.99. The minimum atomic E-state index is -3.73. The summed E-state index contributed by atoms with van der Waals surface area (Å²) in [6, 6.07) is 4.36. The van der Waals surface area contributed by atoms with Gasteiger partial charge in [-0.1, -0.05) is 6.92 Å². The maximum absolute atomic E-state index is 12.9. The Balaban J connectivity index is 2.21. The zero-order valence-electron chi connectivity index (χ0n) is 14.9. The summed E-state index contributed by atoms with van der Waals surface area (Å²) in [6.45, 7) is 2.62.